The Hall–Kier alpha value is -3.07. The Labute approximate surface area is 181 Å². The van der Waals surface area contributed by atoms with Crippen LogP contribution in [0.25, 0.3) is 0 Å². The molecule has 0 aliphatic rings. The van der Waals surface area contributed by atoms with Gasteiger partial charge in [-0.25, -0.2) is 4.99 Å². The summed E-state index contributed by atoms with van der Waals surface area (Å²) in [6, 6.07) is 11.7. The normalized spacial score (nSPS) is 12.5. The minimum absolute atomic E-state index is 0.0667. The standard InChI is InChI=1S/C21H28N6O2S/c1-15(29-18-8-5-7-17(11-18)28-4)12-22-21(23-13-19-9-6-10-30-19)24-14-20-26-25-16(2)27(20)3/h5-11,15H,12-14H2,1-4H3,(H2,22,23,24). The first kappa shape index (κ1) is 21.6. The molecule has 0 aliphatic carbocycles. The fourth-order valence-electron chi connectivity index (χ4n) is 2.69. The molecule has 0 radical (unpaired) electrons. The van der Waals surface area contributed by atoms with Crippen molar-refractivity contribution in [2.24, 2.45) is 12.0 Å². The quantitative estimate of drug-likeness (QED) is 0.403. The van der Waals surface area contributed by atoms with E-state index in [1.165, 1.54) is 4.88 Å². The number of nitrogens with zero attached hydrogens (tertiary/aromatic N) is 4. The van der Waals surface area contributed by atoms with Gasteiger partial charge in [0.1, 0.15) is 30.0 Å². The van der Waals surface area contributed by atoms with Crippen LogP contribution in [0.3, 0.4) is 0 Å². The van der Waals surface area contributed by atoms with E-state index in [0.717, 1.165) is 23.1 Å². The van der Waals surface area contributed by atoms with Gasteiger partial charge in [-0.2, -0.15) is 0 Å². The summed E-state index contributed by atoms with van der Waals surface area (Å²) >= 11 is 1.71. The highest BCUT2D eigenvalue weighted by atomic mass is 32.1. The molecular formula is C21H28N6O2S. The van der Waals surface area contributed by atoms with Crippen molar-refractivity contribution in [2.45, 2.75) is 33.0 Å². The molecule has 0 saturated carbocycles. The summed E-state index contributed by atoms with van der Waals surface area (Å²) in [5.41, 5.74) is 0. The third-order valence-electron chi connectivity index (χ3n) is 4.51. The highest BCUT2D eigenvalue weighted by molar-refractivity contribution is 7.09. The number of aliphatic imine (C=N–C) groups is 1. The largest absolute Gasteiger partial charge is 0.497 e. The highest BCUT2D eigenvalue weighted by Crippen LogP contribution is 2.19. The molecule has 1 aromatic carbocycles. The number of methoxy groups -OCH3 is 1. The van der Waals surface area contributed by atoms with Gasteiger partial charge in [-0.1, -0.05) is 12.1 Å². The number of aromatic nitrogens is 3. The molecule has 3 rings (SSSR count). The number of nitrogens with one attached hydrogen (secondary N) is 2. The number of thiophene rings is 1. The molecule has 0 saturated heterocycles. The van der Waals surface area contributed by atoms with Crippen LogP contribution in [0.5, 0.6) is 11.5 Å². The molecule has 160 valence electrons. The molecule has 3 aromatic rings. The number of guanidine groups is 1. The molecule has 0 bridgehead atoms. The third-order valence-corrected chi connectivity index (χ3v) is 5.38. The van der Waals surface area contributed by atoms with Crippen molar-refractivity contribution in [1.82, 2.24) is 25.4 Å². The first-order chi connectivity index (χ1) is 14.5. The molecule has 0 fully saturated rings. The lowest BCUT2D eigenvalue weighted by Gasteiger charge is -2.18. The second kappa shape index (κ2) is 10.6. The van der Waals surface area contributed by atoms with Gasteiger partial charge in [-0.3, -0.25) is 0 Å². The summed E-state index contributed by atoms with van der Waals surface area (Å²) in [4.78, 5) is 5.91. The number of hydrogen-bond acceptors (Lipinski definition) is 6. The Morgan fingerprint density at radius 1 is 1.20 bits per heavy atom. The average molecular weight is 429 g/mol. The predicted octanol–water partition coefficient (Wildman–Crippen LogP) is 2.90. The minimum Gasteiger partial charge on any atom is -0.497 e. The summed E-state index contributed by atoms with van der Waals surface area (Å²) in [5, 5.41) is 17.1. The fraction of sp³-hybridized carbons (Fsp3) is 0.381. The molecular weight excluding hydrogens is 400 g/mol. The van der Waals surface area contributed by atoms with E-state index in [1.807, 2.05) is 55.8 Å². The van der Waals surface area contributed by atoms with Crippen molar-refractivity contribution in [1.29, 1.82) is 0 Å². The Balaban J connectivity index is 1.60. The molecule has 8 nitrogen and oxygen atoms in total. The number of hydrogen-bond donors (Lipinski definition) is 2. The van der Waals surface area contributed by atoms with Gasteiger partial charge in [0.15, 0.2) is 11.8 Å². The molecule has 2 N–H and O–H groups in total. The van der Waals surface area contributed by atoms with E-state index >= 15 is 0 Å². The van der Waals surface area contributed by atoms with Crippen LogP contribution in [0.1, 0.15) is 23.4 Å². The van der Waals surface area contributed by atoms with E-state index in [9.17, 15) is 0 Å². The molecule has 1 unspecified atom stereocenters. The van der Waals surface area contributed by atoms with Crippen molar-refractivity contribution in [2.75, 3.05) is 13.7 Å². The molecule has 9 heteroatoms. The topological polar surface area (TPSA) is 85.6 Å². The summed E-state index contributed by atoms with van der Waals surface area (Å²) in [6.07, 6.45) is -0.0667. The monoisotopic (exact) mass is 428 g/mol. The molecule has 0 amide bonds. The van der Waals surface area contributed by atoms with Gasteiger partial charge < -0.3 is 24.7 Å². The summed E-state index contributed by atoms with van der Waals surface area (Å²) in [7, 11) is 3.58. The van der Waals surface area contributed by atoms with Gasteiger partial charge in [-0.05, 0) is 37.4 Å². The van der Waals surface area contributed by atoms with Gasteiger partial charge in [0.05, 0.1) is 20.2 Å². The van der Waals surface area contributed by atoms with Crippen LogP contribution in [0.4, 0.5) is 0 Å². The maximum absolute atomic E-state index is 5.99. The zero-order valence-corrected chi connectivity index (χ0v) is 18.6. The maximum Gasteiger partial charge on any atom is 0.192 e. The molecule has 2 aromatic heterocycles. The number of rotatable bonds is 9. The zero-order valence-electron chi connectivity index (χ0n) is 17.8. The van der Waals surface area contributed by atoms with Gasteiger partial charge in [-0.15, -0.1) is 21.5 Å². The fourth-order valence-corrected chi connectivity index (χ4v) is 3.33. The van der Waals surface area contributed by atoms with Crippen LogP contribution in [0.15, 0.2) is 46.8 Å². The third kappa shape index (κ3) is 6.21. The molecule has 2 heterocycles. The lowest BCUT2D eigenvalue weighted by atomic mass is 10.3. The lowest BCUT2D eigenvalue weighted by Crippen LogP contribution is -2.41. The Bertz CT molecular complexity index is 954. The van der Waals surface area contributed by atoms with E-state index in [0.29, 0.717) is 25.6 Å². The van der Waals surface area contributed by atoms with Crippen molar-refractivity contribution >= 4 is 17.3 Å². The van der Waals surface area contributed by atoms with Crippen LogP contribution in [0.2, 0.25) is 0 Å². The maximum atomic E-state index is 5.99. The van der Waals surface area contributed by atoms with Crippen LogP contribution in [-0.4, -0.2) is 40.5 Å². The van der Waals surface area contributed by atoms with Gasteiger partial charge in [0.25, 0.3) is 0 Å². The predicted molar refractivity (Wildman–Crippen MR) is 119 cm³/mol. The number of aryl methyl sites for hydroxylation is 1. The molecule has 0 aliphatic heterocycles. The molecule has 30 heavy (non-hydrogen) atoms. The van der Waals surface area contributed by atoms with Crippen molar-refractivity contribution < 1.29 is 9.47 Å². The van der Waals surface area contributed by atoms with Gasteiger partial charge in [0.2, 0.25) is 0 Å². The van der Waals surface area contributed by atoms with E-state index in [2.05, 4.69) is 37.3 Å². The Morgan fingerprint density at radius 3 is 2.73 bits per heavy atom. The first-order valence-electron chi connectivity index (χ1n) is 9.75. The minimum atomic E-state index is -0.0667. The number of ether oxygens (including phenoxy) is 2. The molecule has 1 atom stereocenters. The molecule has 0 spiro atoms. The summed E-state index contributed by atoms with van der Waals surface area (Å²) < 4.78 is 13.2. The van der Waals surface area contributed by atoms with E-state index in [-0.39, 0.29) is 6.10 Å². The van der Waals surface area contributed by atoms with Crippen LogP contribution in [0, 0.1) is 6.92 Å². The smallest absolute Gasteiger partial charge is 0.192 e. The van der Waals surface area contributed by atoms with E-state index < -0.39 is 0 Å². The van der Waals surface area contributed by atoms with Crippen LogP contribution in [-0.2, 0) is 20.1 Å². The summed E-state index contributed by atoms with van der Waals surface area (Å²) in [5.74, 6) is 3.91. The lowest BCUT2D eigenvalue weighted by molar-refractivity contribution is 0.223. The highest BCUT2D eigenvalue weighted by Gasteiger charge is 2.09. The first-order valence-corrected chi connectivity index (χ1v) is 10.6. The number of benzene rings is 1. The zero-order chi connectivity index (χ0) is 21.3. The summed E-state index contributed by atoms with van der Waals surface area (Å²) in [6.45, 7) is 5.65. The average Bonchev–Trinajstić information content (AvgIpc) is 3.38. The van der Waals surface area contributed by atoms with Gasteiger partial charge >= 0.3 is 0 Å². The van der Waals surface area contributed by atoms with Crippen LogP contribution >= 0.6 is 11.3 Å². The Morgan fingerprint density at radius 2 is 2.03 bits per heavy atom. The van der Waals surface area contributed by atoms with Crippen molar-refractivity contribution in [3.63, 3.8) is 0 Å². The second-order valence-electron chi connectivity index (χ2n) is 6.81. The van der Waals surface area contributed by atoms with Crippen LogP contribution < -0.4 is 20.1 Å². The van der Waals surface area contributed by atoms with Crippen molar-refractivity contribution in [3.05, 3.63) is 58.3 Å². The Kier molecular flexibility index (Phi) is 7.67. The second-order valence-corrected chi connectivity index (χ2v) is 7.84. The SMILES string of the molecule is COc1cccc(OC(C)CNC(=NCc2nnc(C)n2C)NCc2cccs2)c1. The van der Waals surface area contributed by atoms with E-state index in [1.54, 1.807) is 18.4 Å². The van der Waals surface area contributed by atoms with Gasteiger partial charge in [0, 0.05) is 18.0 Å². The van der Waals surface area contributed by atoms with E-state index in [4.69, 9.17) is 9.47 Å². The van der Waals surface area contributed by atoms with Crippen molar-refractivity contribution in [3.8, 4) is 11.5 Å².